The standard InChI is InChI=1S/C19H22F3NO3/c1-19(2,3)26-18(24)23-12-6-11(7-13(23)10-25-9-12)8-14-15(20)4-5-16(21)17(14)22/h4-6,12-13H,7-10H2,1-3H3. The third kappa shape index (κ3) is 3.87. The minimum Gasteiger partial charge on any atom is -0.444 e. The lowest BCUT2D eigenvalue weighted by Crippen LogP contribution is -2.57. The third-order valence-corrected chi connectivity index (χ3v) is 4.42. The highest BCUT2D eigenvalue weighted by molar-refractivity contribution is 5.70. The molecular weight excluding hydrogens is 347 g/mol. The molecule has 0 N–H and O–H groups in total. The summed E-state index contributed by atoms with van der Waals surface area (Å²) < 4.78 is 52.3. The monoisotopic (exact) mass is 369 g/mol. The quantitative estimate of drug-likeness (QED) is 0.585. The van der Waals surface area contributed by atoms with Crippen LogP contribution in [0.4, 0.5) is 18.0 Å². The number of benzene rings is 1. The Kier molecular flexibility index (Phi) is 5.01. The normalized spacial score (nSPS) is 22.8. The van der Waals surface area contributed by atoms with Crippen molar-refractivity contribution >= 4 is 6.09 Å². The van der Waals surface area contributed by atoms with Crippen molar-refractivity contribution in [2.75, 3.05) is 13.2 Å². The molecule has 2 atom stereocenters. The molecule has 26 heavy (non-hydrogen) atoms. The minimum absolute atomic E-state index is 0.0371. The van der Waals surface area contributed by atoms with Gasteiger partial charge in [0.1, 0.15) is 11.4 Å². The molecule has 1 aromatic rings. The average molecular weight is 369 g/mol. The number of amides is 1. The lowest BCUT2D eigenvalue weighted by atomic mass is 9.90. The maximum Gasteiger partial charge on any atom is 0.411 e. The largest absolute Gasteiger partial charge is 0.444 e. The Labute approximate surface area is 150 Å². The van der Waals surface area contributed by atoms with Gasteiger partial charge in [-0.05, 0) is 45.7 Å². The fourth-order valence-electron chi connectivity index (χ4n) is 3.37. The number of fused-ring (bicyclic) bond motifs is 2. The molecule has 0 aromatic heterocycles. The molecule has 142 valence electrons. The molecule has 1 aromatic carbocycles. The van der Waals surface area contributed by atoms with Gasteiger partial charge in [0.05, 0.1) is 25.3 Å². The van der Waals surface area contributed by atoms with Gasteiger partial charge in [-0.25, -0.2) is 18.0 Å². The molecule has 3 rings (SSSR count). The van der Waals surface area contributed by atoms with E-state index in [2.05, 4.69) is 0 Å². The van der Waals surface area contributed by atoms with Crippen molar-refractivity contribution in [3.63, 3.8) is 0 Å². The average Bonchev–Trinajstić information content (AvgIpc) is 2.52. The molecule has 1 fully saturated rings. The number of halogens is 3. The molecule has 1 saturated heterocycles. The number of nitrogens with zero attached hydrogens (tertiary/aromatic N) is 1. The number of carbonyl (C=O) groups is 1. The van der Waals surface area contributed by atoms with Crippen LogP contribution in [0.5, 0.6) is 0 Å². The molecule has 2 aliphatic rings. The van der Waals surface area contributed by atoms with Crippen molar-refractivity contribution < 1.29 is 27.4 Å². The summed E-state index contributed by atoms with van der Waals surface area (Å²) in [6.45, 7) is 5.97. The molecule has 2 aliphatic heterocycles. The van der Waals surface area contributed by atoms with Crippen molar-refractivity contribution in [3.8, 4) is 0 Å². The van der Waals surface area contributed by atoms with Crippen molar-refractivity contribution in [3.05, 3.63) is 46.8 Å². The highest BCUT2D eigenvalue weighted by Gasteiger charge is 2.40. The molecular formula is C19H22F3NO3. The van der Waals surface area contributed by atoms with Crippen molar-refractivity contribution in [1.29, 1.82) is 0 Å². The summed E-state index contributed by atoms with van der Waals surface area (Å²) in [5.41, 5.74) is -0.156. The zero-order chi connectivity index (χ0) is 19.1. The molecule has 0 radical (unpaired) electrons. The Balaban J connectivity index is 1.83. The van der Waals surface area contributed by atoms with Crippen molar-refractivity contribution in [1.82, 2.24) is 4.90 Å². The second-order valence-corrected chi connectivity index (χ2v) is 7.67. The minimum atomic E-state index is -1.16. The Morgan fingerprint density at radius 1 is 1.23 bits per heavy atom. The van der Waals surface area contributed by atoms with Crippen LogP contribution in [0.15, 0.2) is 23.8 Å². The number of hydrogen-bond donors (Lipinski definition) is 0. The van der Waals surface area contributed by atoms with Gasteiger partial charge in [0, 0.05) is 5.56 Å². The maximum absolute atomic E-state index is 13.9. The zero-order valence-corrected chi connectivity index (χ0v) is 15.0. The van der Waals surface area contributed by atoms with Gasteiger partial charge in [0.25, 0.3) is 0 Å². The molecule has 0 spiro atoms. The van der Waals surface area contributed by atoms with Gasteiger partial charge in [-0.3, -0.25) is 4.90 Å². The van der Waals surface area contributed by atoms with E-state index in [9.17, 15) is 18.0 Å². The van der Waals surface area contributed by atoms with Gasteiger partial charge in [-0.1, -0.05) is 11.6 Å². The van der Waals surface area contributed by atoms with E-state index >= 15 is 0 Å². The predicted octanol–water partition coefficient (Wildman–Crippen LogP) is 3.98. The Morgan fingerprint density at radius 2 is 1.92 bits per heavy atom. The number of hydrogen-bond acceptors (Lipinski definition) is 3. The number of ether oxygens (including phenoxy) is 2. The Bertz CT molecular complexity index is 742. The lowest BCUT2D eigenvalue weighted by Gasteiger charge is -2.44. The van der Waals surface area contributed by atoms with E-state index < -0.39 is 29.1 Å². The van der Waals surface area contributed by atoms with Crippen LogP contribution in [0.3, 0.4) is 0 Å². The number of morpholine rings is 1. The van der Waals surface area contributed by atoms with E-state index in [1.165, 1.54) is 0 Å². The van der Waals surface area contributed by atoms with E-state index in [1.54, 1.807) is 31.7 Å². The lowest BCUT2D eigenvalue weighted by molar-refractivity contribution is -0.0536. The van der Waals surface area contributed by atoms with Crippen LogP contribution in [0.1, 0.15) is 32.8 Å². The molecule has 0 aliphatic carbocycles. The summed E-state index contributed by atoms with van der Waals surface area (Å²) in [6, 6.07) is 1.06. The van der Waals surface area contributed by atoms with Gasteiger partial charge >= 0.3 is 6.09 Å². The van der Waals surface area contributed by atoms with Crippen LogP contribution in [-0.2, 0) is 15.9 Å². The first-order valence-electron chi connectivity index (χ1n) is 8.56. The van der Waals surface area contributed by atoms with Crippen LogP contribution in [0, 0.1) is 17.5 Å². The Morgan fingerprint density at radius 3 is 2.58 bits per heavy atom. The SMILES string of the molecule is CC(C)(C)OC(=O)N1C2C=C(Cc3c(F)ccc(F)c3F)CC1COC2. The fourth-order valence-corrected chi connectivity index (χ4v) is 3.37. The summed E-state index contributed by atoms with van der Waals surface area (Å²) in [6.07, 6.45) is 1.69. The topological polar surface area (TPSA) is 38.8 Å². The van der Waals surface area contributed by atoms with Crippen LogP contribution in [-0.4, -0.2) is 41.9 Å². The van der Waals surface area contributed by atoms with Crippen LogP contribution < -0.4 is 0 Å². The van der Waals surface area contributed by atoms with E-state index in [-0.39, 0.29) is 30.7 Å². The smallest absolute Gasteiger partial charge is 0.411 e. The summed E-state index contributed by atoms with van der Waals surface area (Å²) in [4.78, 5) is 14.1. The van der Waals surface area contributed by atoms with Gasteiger partial charge in [0.15, 0.2) is 11.6 Å². The predicted molar refractivity (Wildman–Crippen MR) is 89.2 cm³/mol. The van der Waals surface area contributed by atoms with Crippen molar-refractivity contribution in [2.24, 2.45) is 0 Å². The van der Waals surface area contributed by atoms with Gasteiger partial charge in [0.2, 0.25) is 0 Å². The maximum atomic E-state index is 13.9. The molecule has 2 bridgehead atoms. The first-order chi connectivity index (χ1) is 12.2. The number of rotatable bonds is 2. The summed E-state index contributed by atoms with van der Waals surface area (Å²) in [7, 11) is 0. The summed E-state index contributed by atoms with van der Waals surface area (Å²) in [5, 5.41) is 0. The van der Waals surface area contributed by atoms with Crippen molar-refractivity contribution in [2.45, 2.75) is 51.3 Å². The van der Waals surface area contributed by atoms with Crippen LogP contribution in [0.25, 0.3) is 0 Å². The summed E-state index contributed by atoms with van der Waals surface area (Å²) >= 11 is 0. The second-order valence-electron chi connectivity index (χ2n) is 7.67. The first-order valence-corrected chi connectivity index (χ1v) is 8.56. The van der Waals surface area contributed by atoms with Gasteiger partial charge in [-0.2, -0.15) is 0 Å². The van der Waals surface area contributed by atoms with E-state index in [0.29, 0.717) is 13.0 Å². The molecule has 2 heterocycles. The summed E-state index contributed by atoms with van der Waals surface area (Å²) in [5.74, 6) is -3.01. The van der Waals surface area contributed by atoms with E-state index in [4.69, 9.17) is 9.47 Å². The zero-order valence-electron chi connectivity index (χ0n) is 15.0. The first kappa shape index (κ1) is 18.8. The highest BCUT2D eigenvalue weighted by atomic mass is 19.2. The van der Waals surface area contributed by atoms with Gasteiger partial charge < -0.3 is 9.47 Å². The molecule has 7 heteroatoms. The molecule has 4 nitrogen and oxygen atoms in total. The Hall–Kier alpha value is -2.02. The van der Waals surface area contributed by atoms with Gasteiger partial charge in [-0.15, -0.1) is 0 Å². The highest BCUT2D eigenvalue weighted by Crippen LogP contribution is 2.31. The number of carbonyl (C=O) groups excluding carboxylic acids is 1. The molecule has 2 unspecified atom stereocenters. The van der Waals surface area contributed by atoms with E-state index in [0.717, 1.165) is 17.7 Å². The van der Waals surface area contributed by atoms with Crippen LogP contribution >= 0.6 is 0 Å². The van der Waals surface area contributed by atoms with E-state index in [1.807, 2.05) is 0 Å². The molecule has 1 amide bonds. The molecule has 0 saturated carbocycles. The third-order valence-electron chi connectivity index (χ3n) is 4.42. The van der Waals surface area contributed by atoms with Crippen LogP contribution in [0.2, 0.25) is 0 Å². The second kappa shape index (κ2) is 6.95. The fraction of sp³-hybridized carbons (Fsp3) is 0.526.